The van der Waals surface area contributed by atoms with Gasteiger partial charge in [-0.25, -0.2) is 0 Å². The molecule has 15 N–H and O–H groups in total. The normalized spacial score (nSPS) is 0. The van der Waals surface area contributed by atoms with Crippen molar-refractivity contribution >= 4 is 12.4 Å². The van der Waals surface area contributed by atoms with Crippen LogP contribution in [0.5, 0.6) is 0 Å². The molecule has 0 aromatic heterocycles. The van der Waals surface area contributed by atoms with Gasteiger partial charge in [-0.3, -0.25) is 0 Å². The first kappa shape index (κ1) is 1990. The summed E-state index contributed by atoms with van der Waals surface area (Å²) in [4.78, 5) is 0. The zero-order valence-corrected chi connectivity index (χ0v) is 6.13. The van der Waals surface area contributed by atoms with Crippen LogP contribution in [-0.2, 0) is 16.8 Å². The van der Waals surface area contributed by atoms with Crippen LogP contribution in [0.15, 0.2) is 0 Å². The van der Waals surface area contributed by atoms with E-state index < -0.39 is 0 Å². The Morgan fingerprint density at radius 3 is 0.444 bits per heavy atom. The number of rotatable bonds is 0. The molecule has 9 heavy (non-hydrogen) atoms. The first-order chi connectivity index (χ1) is 0. The number of hydrogen-bond acceptors (Lipinski definition) is 5. The fourth-order valence-corrected chi connectivity index (χ4v) is 0. The Hall–Kier alpha value is 0.596. The van der Waals surface area contributed by atoms with Gasteiger partial charge in [0.2, 0.25) is 0 Å². The number of hydrogen-bond donors (Lipinski definition) is 5. The molecule has 73 valence electrons. The van der Waals surface area contributed by atoms with E-state index in [4.69, 9.17) is 0 Å². The van der Waals surface area contributed by atoms with E-state index >= 15 is 0 Å². The summed E-state index contributed by atoms with van der Waals surface area (Å²) in [5.41, 5.74) is 0. The Morgan fingerprint density at radius 2 is 0.444 bits per heavy atom. The zero-order chi connectivity index (χ0) is 0. The molecular formula is C2H24ClCoN5. The van der Waals surface area contributed by atoms with Gasteiger partial charge in [-0.1, -0.05) is 14.9 Å². The van der Waals surface area contributed by atoms with Crippen LogP contribution >= 0.6 is 12.4 Å². The van der Waals surface area contributed by atoms with Gasteiger partial charge in [-0.05, 0) is 0 Å². The predicted molar refractivity (Wildman–Crippen MR) is 45.8 cm³/mol. The van der Waals surface area contributed by atoms with E-state index in [-0.39, 0.29) is 74.8 Å². The molecule has 0 saturated carbocycles. The molecule has 7 heteroatoms. The zero-order valence-electron chi connectivity index (χ0n) is 4.28. The van der Waals surface area contributed by atoms with Crippen LogP contribution < -0.4 is 30.8 Å². The van der Waals surface area contributed by atoms with Gasteiger partial charge in [-0.2, -0.15) is 0 Å². The van der Waals surface area contributed by atoms with Crippen molar-refractivity contribution in [2.75, 3.05) is 0 Å². The third-order valence-electron chi connectivity index (χ3n) is 0. The average molecular weight is 213 g/mol. The summed E-state index contributed by atoms with van der Waals surface area (Å²) in [7, 11) is 0. The molecule has 0 bridgehead atoms. The predicted octanol–water partition coefficient (Wildman–Crippen LogP) is 2.50. The van der Waals surface area contributed by atoms with Crippen molar-refractivity contribution in [3.05, 3.63) is 0 Å². The Kier molecular flexibility index (Phi) is 309000. The van der Waals surface area contributed by atoms with Crippen LogP contribution in [-0.4, -0.2) is 0 Å². The van der Waals surface area contributed by atoms with Gasteiger partial charge in [0, 0.05) is 16.8 Å². The van der Waals surface area contributed by atoms with Crippen molar-refractivity contribution in [2.24, 2.45) is 0 Å². The molecule has 0 unspecified atom stereocenters. The molecule has 0 saturated heterocycles. The summed E-state index contributed by atoms with van der Waals surface area (Å²) in [5.74, 6) is 0. The minimum atomic E-state index is 0. The monoisotopic (exact) mass is 212 g/mol. The van der Waals surface area contributed by atoms with Crippen molar-refractivity contribution in [3.63, 3.8) is 0 Å². The van der Waals surface area contributed by atoms with Gasteiger partial charge in [0.1, 0.15) is 0 Å². The Balaban J connectivity index is 0. The largest absolute Gasteiger partial charge is 0.344 e. The van der Waals surface area contributed by atoms with Crippen LogP contribution in [0.4, 0.5) is 0 Å². The SMILES string of the molecule is C.C.Cl.N.N.N.N.N.[Co]. The molecule has 0 aliphatic rings. The van der Waals surface area contributed by atoms with Crippen molar-refractivity contribution in [2.45, 2.75) is 14.9 Å². The summed E-state index contributed by atoms with van der Waals surface area (Å²) in [6.07, 6.45) is 0. The maximum Gasteiger partial charge on any atom is 0 e. The fraction of sp³-hybridized carbons (Fsp3) is 1.00. The minimum absolute atomic E-state index is 0. The second kappa shape index (κ2) is 1390. The van der Waals surface area contributed by atoms with Crippen molar-refractivity contribution in [3.8, 4) is 0 Å². The van der Waals surface area contributed by atoms with E-state index in [0.29, 0.717) is 0 Å². The summed E-state index contributed by atoms with van der Waals surface area (Å²) in [5, 5.41) is 0. The van der Waals surface area contributed by atoms with Gasteiger partial charge in [0.25, 0.3) is 0 Å². The molecule has 5 nitrogen and oxygen atoms in total. The number of halogens is 1. The van der Waals surface area contributed by atoms with Crippen LogP contribution in [0.2, 0.25) is 0 Å². The van der Waals surface area contributed by atoms with Crippen molar-refractivity contribution in [1.82, 2.24) is 30.8 Å². The van der Waals surface area contributed by atoms with Crippen LogP contribution in [0, 0.1) is 0 Å². The molecule has 0 spiro atoms. The molecule has 0 aliphatic carbocycles. The van der Waals surface area contributed by atoms with Gasteiger partial charge in [0.15, 0.2) is 0 Å². The Labute approximate surface area is 75.3 Å². The first-order valence-corrected chi connectivity index (χ1v) is 0. The molecule has 0 aliphatic heterocycles. The molecule has 0 aromatic carbocycles. The third kappa shape index (κ3) is 1050. The first-order valence-electron chi connectivity index (χ1n) is 0. The quantitative estimate of drug-likeness (QED) is 0.414. The van der Waals surface area contributed by atoms with Gasteiger partial charge in [0.05, 0.1) is 0 Å². The van der Waals surface area contributed by atoms with Gasteiger partial charge < -0.3 is 30.8 Å². The van der Waals surface area contributed by atoms with E-state index in [0.717, 1.165) is 0 Å². The molecular weight excluding hydrogens is 188 g/mol. The summed E-state index contributed by atoms with van der Waals surface area (Å²) >= 11 is 0. The molecule has 0 fully saturated rings. The smallest absolute Gasteiger partial charge is 0 e. The molecule has 0 rings (SSSR count). The van der Waals surface area contributed by atoms with E-state index in [1.807, 2.05) is 0 Å². The van der Waals surface area contributed by atoms with E-state index in [1.54, 1.807) is 0 Å². The van der Waals surface area contributed by atoms with E-state index in [9.17, 15) is 0 Å². The molecule has 1 radical (unpaired) electrons. The average Bonchev–Trinajstić information content (AvgIpc) is 0. The third-order valence-corrected chi connectivity index (χ3v) is 0. The minimum Gasteiger partial charge on any atom is -0.344 e. The van der Waals surface area contributed by atoms with E-state index in [2.05, 4.69) is 0 Å². The van der Waals surface area contributed by atoms with Crippen molar-refractivity contribution in [1.29, 1.82) is 0 Å². The van der Waals surface area contributed by atoms with Crippen LogP contribution in [0.3, 0.4) is 0 Å². The molecule has 0 atom stereocenters. The summed E-state index contributed by atoms with van der Waals surface area (Å²) in [6, 6.07) is 0. The second-order valence-corrected chi connectivity index (χ2v) is 0. The van der Waals surface area contributed by atoms with E-state index in [1.165, 1.54) is 0 Å². The van der Waals surface area contributed by atoms with Gasteiger partial charge >= 0.3 is 0 Å². The maximum atomic E-state index is 0. The van der Waals surface area contributed by atoms with Crippen LogP contribution in [0.1, 0.15) is 14.9 Å². The molecule has 0 heterocycles. The van der Waals surface area contributed by atoms with Crippen LogP contribution in [0.25, 0.3) is 0 Å². The fourth-order valence-electron chi connectivity index (χ4n) is 0. The standard InChI is InChI=1S/2CH4.ClH.Co.5H3N/h2*1H4;1H;;5*1H3. The Bertz CT molecular complexity index is 14.9. The van der Waals surface area contributed by atoms with Gasteiger partial charge in [-0.15, -0.1) is 12.4 Å². The topological polar surface area (TPSA) is 175 Å². The Morgan fingerprint density at radius 1 is 0.444 bits per heavy atom. The molecule has 0 aromatic rings. The summed E-state index contributed by atoms with van der Waals surface area (Å²) in [6.45, 7) is 0. The summed E-state index contributed by atoms with van der Waals surface area (Å²) < 4.78 is 0. The maximum absolute atomic E-state index is 0. The second-order valence-electron chi connectivity index (χ2n) is 0. The molecule has 0 amide bonds. The van der Waals surface area contributed by atoms with Crippen molar-refractivity contribution < 1.29 is 16.8 Å².